The van der Waals surface area contributed by atoms with E-state index in [1.807, 2.05) is 0 Å². The Morgan fingerprint density at radius 1 is 0.833 bits per heavy atom. The molecule has 0 aliphatic heterocycles. The van der Waals surface area contributed by atoms with Crippen molar-refractivity contribution >= 4 is 0 Å². The first-order chi connectivity index (χ1) is 14.6. The Balaban J connectivity index is 3.25. The van der Waals surface area contributed by atoms with Gasteiger partial charge in [0, 0.05) is 22.6 Å². The predicted octanol–water partition coefficient (Wildman–Crippen LogP) is 5.91. The van der Waals surface area contributed by atoms with Gasteiger partial charge < -0.3 is 0 Å². The molecule has 30 heavy (non-hydrogen) atoms. The fraction of sp³-hybridized carbons (Fsp3) is 0.167. The Kier molecular flexibility index (Phi) is 7.29. The van der Waals surface area contributed by atoms with Crippen molar-refractivity contribution in [1.29, 1.82) is 0 Å². The lowest BCUT2D eigenvalue weighted by molar-refractivity contribution is 0.441. The second kappa shape index (κ2) is 10.1. The SMILES string of the molecule is C=C=C=C=C=C=C1CCC2C(=C)C(=C=C)C(=C=C=C)C(=C=C=C=C)C12C#CC#CC. The average Bonchev–Trinajstić information content (AvgIpc) is 3.11. The number of fused-ring (bicyclic) bond motifs is 1. The quantitative estimate of drug-likeness (QED) is 0.363. The summed E-state index contributed by atoms with van der Waals surface area (Å²) in [5, 5.41) is 0. The van der Waals surface area contributed by atoms with E-state index in [-0.39, 0.29) is 5.92 Å². The highest BCUT2D eigenvalue weighted by Gasteiger charge is 2.55. The van der Waals surface area contributed by atoms with Gasteiger partial charge in [0.15, 0.2) is 0 Å². The van der Waals surface area contributed by atoms with Crippen molar-refractivity contribution in [3.8, 4) is 23.7 Å². The summed E-state index contributed by atoms with van der Waals surface area (Å²) >= 11 is 0. The standard InChI is InChI=1S/C30H18/c1-7-12-15-16-19-25-21-22-28-24(6)26(11-5)27(18-10-4)29(20-14-9-3)30(25,28)23-17-13-8-2/h28H,1,3-6,21-22H2,2H3. The van der Waals surface area contributed by atoms with Gasteiger partial charge in [0.2, 0.25) is 0 Å². The van der Waals surface area contributed by atoms with Gasteiger partial charge in [0.05, 0.1) is 5.57 Å². The molecular weight excluding hydrogens is 360 g/mol. The van der Waals surface area contributed by atoms with Crippen LogP contribution in [0.25, 0.3) is 0 Å². The van der Waals surface area contributed by atoms with Crippen molar-refractivity contribution in [2.75, 3.05) is 0 Å². The van der Waals surface area contributed by atoms with Crippen LogP contribution in [0.3, 0.4) is 0 Å². The lowest BCUT2D eigenvalue weighted by atomic mass is 9.59. The zero-order chi connectivity index (χ0) is 22.0. The van der Waals surface area contributed by atoms with Crippen LogP contribution in [0.1, 0.15) is 19.8 Å². The van der Waals surface area contributed by atoms with Crippen LogP contribution in [0.4, 0.5) is 0 Å². The summed E-state index contributed by atoms with van der Waals surface area (Å²) in [7, 11) is 0. The number of rotatable bonds is 0. The molecule has 0 heteroatoms. The van der Waals surface area contributed by atoms with E-state index in [1.54, 1.807) is 6.92 Å². The second-order valence-electron chi connectivity index (χ2n) is 6.24. The Hall–Kier alpha value is -4.60. The van der Waals surface area contributed by atoms with E-state index >= 15 is 0 Å². The molecule has 0 aromatic carbocycles. The Morgan fingerprint density at radius 2 is 1.60 bits per heavy atom. The maximum atomic E-state index is 4.32. The van der Waals surface area contributed by atoms with Gasteiger partial charge in [-0.05, 0) is 79.8 Å². The van der Waals surface area contributed by atoms with Crippen LogP contribution < -0.4 is 0 Å². The fourth-order valence-corrected chi connectivity index (χ4v) is 3.77. The smallest absolute Gasteiger partial charge is 0.102 e. The lowest BCUT2D eigenvalue weighted by Crippen LogP contribution is -2.34. The zero-order valence-corrected chi connectivity index (χ0v) is 17.0. The summed E-state index contributed by atoms with van der Waals surface area (Å²) in [6, 6.07) is 0. The summed E-state index contributed by atoms with van der Waals surface area (Å²) in [4.78, 5) is 0. The molecule has 2 rings (SSSR count). The molecule has 2 saturated carbocycles. The van der Waals surface area contributed by atoms with Gasteiger partial charge >= 0.3 is 0 Å². The number of allylic oxidation sites excluding steroid dienone is 5. The van der Waals surface area contributed by atoms with E-state index in [4.69, 9.17) is 0 Å². The Bertz CT molecular complexity index is 1420. The summed E-state index contributed by atoms with van der Waals surface area (Å²) in [6.07, 6.45) is 1.53. The van der Waals surface area contributed by atoms with Gasteiger partial charge in [-0.2, -0.15) is 0 Å². The Labute approximate surface area is 178 Å². The third kappa shape index (κ3) is 3.83. The Morgan fingerprint density at radius 3 is 2.23 bits per heavy atom. The largest absolute Gasteiger partial charge is 0.119 e. The van der Waals surface area contributed by atoms with Crippen LogP contribution in [0.5, 0.6) is 0 Å². The maximum absolute atomic E-state index is 4.32. The molecule has 0 saturated heterocycles. The molecule has 0 aromatic rings. The number of hydrogen-bond donors (Lipinski definition) is 0. The van der Waals surface area contributed by atoms with E-state index in [0.717, 1.165) is 29.6 Å². The van der Waals surface area contributed by atoms with Crippen LogP contribution >= 0.6 is 0 Å². The summed E-state index contributed by atoms with van der Waals surface area (Å²) in [5.74, 6) is 11.9. The molecule has 0 radical (unpaired) electrons. The molecule has 2 unspecified atom stereocenters. The first-order valence-electron chi connectivity index (χ1n) is 9.11. The molecule has 0 nitrogen and oxygen atoms in total. The van der Waals surface area contributed by atoms with Crippen molar-refractivity contribution in [2.45, 2.75) is 19.8 Å². The fourth-order valence-electron chi connectivity index (χ4n) is 3.77. The molecule has 2 aliphatic carbocycles. The van der Waals surface area contributed by atoms with E-state index in [2.05, 4.69) is 120 Å². The molecule has 0 heterocycles. The first kappa shape index (κ1) is 21.7. The van der Waals surface area contributed by atoms with Gasteiger partial charge in [-0.25, -0.2) is 0 Å². The van der Waals surface area contributed by atoms with Crippen LogP contribution in [0.2, 0.25) is 0 Å². The third-order valence-electron chi connectivity index (χ3n) is 4.86. The van der Waals surface area contributed by atoms with Gasteiger partial charge in [-0.3, -0.25) is 0 Å². The molecule has 0 N–H and O–H groups in total. The molecule has 0 bridgehead atoms. The van der Waals surface area contributed by atoms with E-state index in [9.17, 15) is 0 Å². The molecule has 0 spiro atoms. The molecule has 138 valence electrons. The van der Waals surface area contributed by atoms with Gasteiger partial charge in [-0.15, -0.1) is 5.73 Å². The second-order valence-corrected chi connectivity index (χ2v) is 6.24. The monoisotopic (exact) mass is 378 g/mol. The summed E-state index contributed by atoms with van der Waals surface area (Å²) in [5.41, 5.74) is 34.3. The van der Waals surface area contributed by atoms with Crippen molar-refractivity contribution in [1.82, 2.24) is 0 Å². The molecule has 2 fully saturated rings. The van der Waals surface area contributed by atoms with Crippen LogP contribution in [0, 0.1) is 35.0 Å². The minimum Gasteiger partial charge on any atom is -0.119 e. The normalized spacial score (nSPS) is 20.0. The van der Waals surface area contributed by atoms with E-state index in [1.165, 1.54) is 0 Å². The van der Waals surface area contributed by atoms with Crippen LogP contribution in [-0.4, -0.2) is 0 Å². The topological polar surface area (TPSA) is 0 Å². The van der Waals surface area contributed by atoms with E-state index < -0.39 is 5.41 Å². The third-order valence-corrected chi connectivity index (χ3v) is 4.86. The van der Waals surface area contributed by atoms with Crippen molar-refractivity contribution in [3.63, 3.8) is 0 Å². The highest BCUT2D eigenvalue weighted by atomic mass is 14.5. The van der Waals surface area contributed by atoms with Crippen LogP contribution in [-0.2, 0) is 0 Å². The molecule has 0 amide bonds. The van der Waals surface area contributed by atoms with Crippen molar-refractivity contribution < 1.29 is 0 Å². The molecule has 2 atom stereocenters. The number of hydrogen-bond acceptors (Lipinski definition) is 0. The zero-order valence-electron chi connectivity index (χ0n) is 17.0. The summed E-state index contributed by atoms with van der Waals surface area (Å²) in [6.45, 7) is 20.6. The molecular formula is C30H18. The molecule has 2 aliphatic rings. The van der Waals surface area contributed by atoms with Gasteiger partial charge in [0.1, 0.15) is 5.41 Å². The maximum Gasteiger partial charge on any atom is 0.102 e. The molecule has 0 aromatic heterocycles. The van der Waals surface area contributed by atoms with Crippen molar-refractivity contribution in [3.05, 3.63) is 124 Å². The van der Waals surface area contributed by atoms with Crippen LogP contribution in [0.15, 0.2) is 124 Å². The summed E-state index contributed by atoms with van der Waals surface area (Å²) < 4.78 is 0. The highest BCUT2D eigenvalue weighted by molar-refractivity contribution is 5.69. The van der Waals surface area contributed by atoms with Gasteiger partial charge in [0.25, 0.3) is 0 Å². The minimum atomic E-state index is -0.809. The predicted molar refractivity (Wildman–Crippen MR) is 121 cm³/mol. The average molecular weight is 378 g/mol. The first-order valence-corrected chi connectivity index (χ1v) is 9.11. The van der Waals surface area contributed by atoms with Crippen molar-refractivity contribution in [2.24, 2.45) is 11.3 Å². The van der Waals surface area contributed by atoms with Gasteiger partial charge in [-0.1, -0.05) is 59.4 Å². The lowest BCUT2D eigenvalue weighted by Gasteiger charge is -2.39. The highest BCUT2D eigenvalue weighted by Crippen LogP contribution is 2.61. The minimum absolute atomic E-state index is 0.0550. The van der Waals surface area contributed by atoms with E-state index in [0.29, 0.717) is 11.1 Å².